The molecular formula is C11H23NO2. The van der Waals surface area contributed by atoms with Crippen molar-refractivity contribution in [3.05, 3.63) is 0 Å². The molecular weight excluding hydrogens is 178 g/mol. The molecule has 0 saturated carbocycles. The summed E-state index contributed by atoms with van der Waals surface area (Å²) in [5.74, 6) is 0.715. The van der Waals surface area contributed by atoms with Crippen molar-refractivity contribution in [2.75, 3.05) is 33.5 Å². The van der Waals surface area contributed by atoms with Gasteiger partial charge in [0.2, 0.25) is 0 Å². The highest BCUT2D eigenvalue weighted by molar-refractivity contribution is 4.78. The Morgan fingerprint density at radius 2 is 2.43 bits per heavy atom. The van der Waals surface area contributed by atoms with E-state index < -0.39 is 0 Å². The Morgan fingerprint density at radius 1 is 1.57 bits per heavy atom. The summed E-state index contributed by atoms with van der Waals surface area (Å²) in [6, 6.07) is 0.623. The first kappa shape index (κ1) is 12.0. The molecule has 1 rings (SSSR count). The van der Waals surface area contributed by atoms with Crippen LogP contribution in [-0.2, 0) is 9.47 Å². The predicted molar refractivity (Wildman–Crippen MR) is 57.5 cm³/mol. The molecule has 1 aliphatic heterocycles. The normalized spacial score (nSPS) is 24.0. The molecule has 1 saturated heterocycles. The van der Waals surface area contributed by atoms with Gasteiger partial charge in [-0.15, -0.1) is 0 Å². The maximum atomic E-state index is 5.42. The van der Waals surface area contributed by atoms with Gasteiger partial charge in [0.25, 0.3) is 0 Å². The quantitative estimate of drug-likeness (QED) is 0.632. The summed E-state index contributed by atoms with van der Waals surface area (Å²) in [4.78, 5) is 0. The molecule has 0 aliphatic carbocycles. The number of nitrogens with one attached hydrogen (secondary N) is 1. The van der Waals surface area contributed by atoms with Crippen molar-refractivity contribution in [2.24, 2.45) is 5.92 Å². The summed E-state index contributed by atoms with van der Waals surface area (Å²) in [5.41, 5.74) is 0. The van der Waals surface area contributed by atoms with Crippen molar-refractivity contribution >= 4 is 0 Å². The second-order valence-corrected chi connectivity index (χ2v) is 3.92. The van der Waals surface area contributed by atoms with Gasteiger partial charge in [-0.1, -0.05) is 6.92 Å². The second-order valence-electron chi connectivity index (χ2n) is 3.92. The van der Waals surface area contributed by atoms with Gasteiger partial charge in [-0.05, 0) is 31.7 Å². The van der Waals surface area contributed by atoms with Crippen LogP contribution in [0.2, 0.25) is 0 Å². The molecule has 0 aromatic carbocycles. The molecule has 3 heteroatoms. The Morgan fingerprint density at radius 3 is 3.00 bits per heavy atom. The molecule has 84 valence electrons. The number of methoxy groups -OCH3 is 1. The molecule has 1 N–H and O–H groups in total. The van der Waals surface area contributed by atoms with Crippen LogP contribution in [0.15, 0.2) is 0 Å². The molecule has 3 nitrogen and oxygen atoms in total. The van der Waals surface area contributed by atoms with Gasteiger partial charge < -0.3 is 14.8 Å². The van der Waals surface area contributed by atoms with Crippen molar-refractivity contribution in [3.63, 3.8) is 0 Å². The molecule has 1 fully saturated rings. The van der Waals surface area contributed by atoms with Crippen LogP contribution in [0.1, 0.15) is 26.2 Å². The summed E-state index contributed by atoms with van der Waals surface area (Å²) >= 11 is 0. The molecule has 2 atom stereocenters. The zero-order valence-electron chi connectivity index (χ0n) is 9.42. The first-order valence-corrected chi connectivity index (χ1v) is 5.68. The number of rotatable bonds is 7. The number of hydrogen-bond donors (Lipinski definition) is 1. The van der Waals surface area contributed by atoms with E-state index in [0.29, 0.717) is 12.0 Å². The fourth-order valence-electron chi connectivity index (χ4n) is 2.08. The third-order valence-electron chi connectivity index (χ3n) is 2.86. The maximum Gasteiger partial charge on any atom is 0.0510 e. The topological polar surface area (TPSA) is 30.5 Å². The Labute approximate surface area is 87.2 Å². The second kappa shape index (κ2) is 7.21. The van der Waals surface area contributed by atoms with E-state index in [2.05, 4.69) is 12.2 Å². The summed E-state index contributed by atoms with van der Waals surface area (Å²) < 4.78 is 10.5. The highest BCUT2D eigenvalue weighted by Gasteiger charge is 2.24. The first-order valence-electron chi connectivity index (χ1n) is 5.68. The van der Waals surface area contributed by atoms with E-state index in [4.69, 9.17) is 9.47 Å². The van der Waals surface area contributed by atoms with Gasteiger partial charge in [-0.2, -0.15) is 0 Å². The van der Waals surface area contributed by atoms with Gasteiger partial charge in [-0.3, -0.25) is 0 Å². The van der Waals surface area contributed by atoms with Crippen LogP contribution in [-0.4, -0.2) is 39.5 Å². The zero-order valence-corrected chi connectivity index (χ0v) is 9.42. The SMILES string of the molecule is CCNC(CCCOC)C1CCOC1. The smallest absolute Gasteiger partial charge is 0.0510 e. The molecule has 0 aromatic heterocycles. The lowest BCUT2D eigenvalue weighted by atomic mass is 9.95. The lowest BCUT2D eigenvalue weighted by Gasteiger charge is -2.23. The van der Waals surface area contributed by atoms with Crippen molar-refractivity contribution < 1.29 is 9.47 Å². The van der Waals surface area contributed by atoms with Crippen LogP contribution < -0.4 is 5.32 Å². The Bertz CT molecular complexity index is 135. The minimum atomic E-state index is 0.623. The van der Waals surface area contributed by atoms with Crippen molar-refractivity contribution in [1.82, 2.24) is 5.32 Å². The monoisotopic (exact) mass is 201 g/mol. The summed E-state index contributed by atoms with van der Waals surface area (Å²) in [6.45, 7) is 5.96. The van der Waals surface area contributed by atoms with E-state index in [0.717, 1.165) is 32.8 Å². The van der Waals surface area contributed by atoms with Crippen LogP contribution in [0.4, 0.5) is 0 Å². The molecule has 2 unspecified atom stereocenters. The maximum absolute atomic E-state index is 5.42. The Balaban J connectivity index is 2.22. The molecule has 1 aliphatic rings. The van der Waals surface area contributed by atoms with Gasteiger partial charge in [0.05, 0.1) is 6.61 Å². The fourth-order valence-corrected chi connectivity index (χ4v) is 2.08. The molecule has 14 heavy (non-hydrogen) atoms. The average Bonchev–Trinajstić information content (AvgIpc) is 2.70. The molecule has 0 amide bonds. The highest BCUT2D eigenvalue weighted by atomic mass is 16.5. The fraction of sp³-hybridized carbons (Fsp3) is 1.00. The van der Waals surface area contributed by atoms with Gasteiger partial charge in [0.15, 0.2) is 0 Å². The standard InChI is InChI=1S/C11H23NO2/c1-3-12-11(5-4-7-13-2)10-6-8-14-9-10/h10-12H,3-9H2,1-2H3. The number of hydrogen-bond acceptors (Lipinski definition) is 3. The minimum absolute atomic E-state index is 0.623. The summed E-state index contributed by atoms with van der Waals surface area (Å²) in [6.07, 6.45) is 3.56. The summed E-state index contributed by atoms with van der Waals surface area (Å²) in [5, 5.41) is 3.55. The molecule has 0 aromatic rings. The Kier molecular flexibility index (Phi) is 6.15. The van der Waals surface area contributed by atoms with Crippen LogP contribution in [0, 0.1) is 5.92 Å². The van der Waals surface area contributed by atoms with Gasteiger partial charge in [0, 0.05) is 26.4 Å². The van der Waals surface area contributed by atoms with Crippen molar-refractivity contribution in [1.29, 1.82) is 0 Å². The van der Waals surface area contributed by atoms with E-state index >= 15 is 0 Å². The van der Waals surface area contributed by atoms with E-state index in [-0.39, 0.29) is 0 Å². The highest BCUT2D eigenvalue weighted by Crippen LogP contribution is 2.19. The van der Waals surface area contributed by atoms with E-state index in [1.165, 1.54) is 12.8 Å². The Hall–Kier alpha value is -0.120. The van der Waals surface area contributed by atoms with Crippen LogP contribution in [0.5, 0.6) is 0 Å². The average molecular weight is 201 g/mol. The zero-order chi connectivity index (χ0) is 10.2. The van der Waals surface area contributed by atoms with E-state index in [1.807, 2.05) is 0 Å². The first-order chi connectivity index (χ1) is 6.88. The summed E-state index contributed by atoms with van der Waals surface area (Å²) in [7, 11) is 1.76. The van der Waals surface area contributed by atoms with Crippen LogP contribution in [0.3, 0.4) is 0 Å². The largest absolute Gasteiger partial charge is 0.385 e. The third-order valence-corrected chi connectivity index (χ3v) is 2.86. The lowest BCUT2D eigenvalue weighted by molar-refractivity contribution is 0.165. The van der Waals surface area contributed by atoms with E-state index in [1.54, 1.807) is 7.11 Å². The lowest BCUT2D eigenvalue weighted by Crippen LogP contribution is -2.36. The minimum Gasteiger partial charge on any atom is -0.385 e. The van der Waals surface area contributed by atoms with E-state index in [9.17, 15) is 0 Å². The third kappa shape index (κ3) is 3.95. The molecule has 1 heterocycles. The van der Waals surface area contributed by atoms with Crippen LogP contribution >= 0.6 is 0 Å². The molecule has 0 radical (unpaired) electrons. The van der Waals surface area contributed by atoms with Gasteiger partial charge >= 0.3 is 0 Å². The number of ether oxygens (including phenoxy) is 2. The van der Waals surface area contributed by atoms with Gasteiger partial charge in [-0.25, -0.2) is 0 Å². The molecule has 0 spiro atoms. The molecule has 0 bridgehead atoms. The predicted octanol–water partition coefficient (Wildman–Crippen LogP) is 1.43. The van der Waals surface area contributed by atoms with Crippen molar-refractivity contribution in [3.8, 4) is 0 Å². The van der Waals surface area contributed by atoms with Crippen molar-refractivity contribution in [2.45, 2.75) is 32.2 Å². The van der Waals surface area contributed by atoms with Gasteiger partial charge in [0.1, 0.15) is 0 Å². The van der Waals surface area contributed by atoms with Crippen LogP contribution in [0.25, 0.3) is 0 Å².